The molecule has 0 atom stereocenters. The van der Waals surface area contributed by atoms with Gasteiger partial charge in [0.2, 0.25) is 11.8 Å². The van der Waals surface area contributed by atoms with Crippen LogP contribution in [0.15, 0.2) is 28.8 Å². The Hall–Kier alpha value is -2.34. The molecule has 142 valence electrons. The van der Waals surface area contributed by atoms with Crippen LogP contribution < -0.4 is 0 Å². The number of piperidine rings is 1. The van der Waals surface area contributed by atoms with Gasteiger partial charge < -0.3 is 14.3 Å². The molecule has 0 radical (unpaired) electrons. The van der Waals surface area contributed by atoms with Gasteiger partial charge >= 0.3 is 0 Å². The molecule has 1 fully saturated rings. The zero-order valence-electron chi connectivity index (χ0n) is 15.3. The summed E-state index contributed by atoms with van der Waals surface area (Å²) in [4.78, 5) is 28.1. The highest BCUT2D eigenvalue weighted by molar-refractivity contribution is 6.30. The average Bonchev–Trinajstić information content (AvgIpc) is 3.11. The van der Waals surface area contributed by atoms with Gasteiger partial charge in [0.25, 0.3) is 0 Å². The summed E-state index contributed by atoms with van der Waals surface area (Å²) < 4.78 is 5.58. The molecule has 0 bridgehead atoms. The molecule has 27 heavy (non-hydrogen) atoms. The summed E-state index contributed by atoms with van der Waals surface area (Å²) in [6.07, 6.45) is 2.20. The highest BCUT2D eigenvalue weighted by atomic mass is 35.5. The van der Waals surface area contributed by atoms with E-state index in [4.69, 9.17) is 16.1 Å². The first-order valence-electron chi connectivity index (χ1n) is 9.30. The van der Waals surface area contributed by atoms with Gasteiger partial charge in [-0.3, -0.25) is 9.59 Å². The number of fused-ring (bicyclic) bond motifs is 1. The monoisotopic (exact) mass is 387 g/mol. The Labute approximate surface area is 163 Å². The van der Waals surface area contributed by atoms with Gasteiger partial charge in [0, 0.05) is 48.6 Å². The van der Waals surface area contributed by atoms with Crippen LogP contribution in [-0.4, -0.2) is 46.4 Å². The summed E-state index contributed by atoms with van der Waals surface area (Å²) in [7, 11) is 0. The maximum atomic E-state index is 12.9. The molecule has 4 rings (SSSR count). The Morgan fingerprint density at radius 3 is 2.48 bits per heavy atom. The van der Waals surface area contributed by atoms with Crippen LogP contribution in [0.2, 0.25) is 5.02 Å². The molecule has 0 N–H and O–H groups in total. The fraction of sp³-hybridized carbons (Fsp3) is 0.450. The van der Waals surface area contributed by atoms with Crippen LogP contribution in [0.3, 0.4) is 0 Å². The lowest BCUT2D eigenvalue weighted by atomic mass is 9.93. The number of hydrogen-bond acceptors (Lipinski definition) is 4. The molecule has 3 heterocycles. The van der Waals surface area contributed by atoms with Gasteiger partial charge in [-0.1, -0.05) is 16.8 Å². The Morgan fingerprint density at radius 1 is 1.11 bits per heavy atom. The largest absolute Gasteiger partial charge is 0.356 e. The van der Waals surface area contributed by atoms with E-state index < -0.39 is 0 Å². The molecule has 6 nitrogen and oxygen atoms in total. The van der Waals surface area contributed by atoms with Crippen LogP contribution in [0, 0.1) is 5.92 Å². The molecule has 0 spiro atoms. The van der Waals surface area contributed by atoms with Crippen molar-refractivity contribution < 1.29 is 14.1 Å². The normalized spacial score (nSPS) is 17.7. The van der Waals surface area contributed by atoms with Crippen molar-refractivity contribution in [1.29, 1.82) is 0 Å². The Kier molecular flexibility index (Phi) is 4.91. The SMILES string of the molecule is CC(=O)N1CCC(C(=O)N2CCc3c(noc3-c3ccc(Cl)cc3)C2)CC1. The van der Waals surface area contributed by atoms with Crippen molar-refractivity contribution in [2.24, 2.45) is 5.92 Å². The van der Waals surface area contributed by atoms with E-state index in [2.05, 4.69) is 5.16 Å². The summed E-state index contributed by atoms with van der Waals surface area (Å²) in [5.74, 6) is 1.01. The quantitative estimate of drug-likeness (QED) is 0.794. The van der Waals surface area contributed by atoms with Crippen LogP contribution in [0.5, 0.6) is 0 Å². The van der Waals surface area contributed by atoms with E-state index in [1.165, 1.54) is 0 Å². The first-order chi connectivity index (χ1) is 13.0. The molecular weight excluding hydrogens is 366 g/mol. The zero-order valence-corrected chi connectivity index (χ0v) is 16.0. The second-order valence-corrected chi connectivity index (χ2v) is 7.67. The number of aromatic nitrogens is 1. The molecule has 2 amide bonds. The summed E-state index contributed by atoms with van der Waals surface area (Å²) in [6, 6.07) is 7.50. The van der Waals surface area contributed by atoms with Crippen molar-refractivity contribution in [2.45, 2.75) is 32.7 Å². The number of benzene rings is 1. The minimum atomic E-state index is -0.00946. The molecule has 2 aliphatic heterocycles. The van der Waals surface area contributed by atoms with Crippen molar-refractivity contribution >= 4 is 23.4 Å². The average molecular weight is 388 g/mol. The third-order valence-corrected chi connectivity index (χ3v) is 5.80. The summed E-state index contributed by atoms with van der Waals surface area (Å²) in [6.45, 7) is 4.06. The molecule has 2 aromatic rings. The van der Waals surface area contributed by atoms with E-state index in [0.29, 0.717) is 31.2 Å². The van der Waals surface area contributed by atoms with Crippen molar-refractivity contribution in [3.63, 3.8) is 0 Å². The van der Waals surface area contributed by atoms with Crippen LogP contribution in [0.25, 0.3) is 11.3 Å². The van der Waals surface area contributed by atoms with Gasteiger partial charge in [-0.25, -0.2) is 0 Å². The standard InChI is InChI=1S/C20H22ClN3O3/c1-13(25)23-9-6-15(7-10-23)20(26)24-11-8-17-18(12-24)22-27-19(17)14-2-4-16(21)5-3-14/h2-5,15H,6-12H2,1H3. The second-order valence-electron chi connectivity index (χ2n) is 7.23. The zero-order chi connectivity index (χ0) is 19.0. The molecule has 2 aliphatic rings. The third-order valence-electron chi connectivity index (χ3n) is 5.55. The fourth-order valence-electron chi connectivity index (χ4n) is 3.95. The predicted molar refractivity (Wildman–Crippen MR) is 101 cm³/mol. The summed E-state index contributed by atoms with van der Waals surface area (Å²) >= 11 is 5.96. The van der Waals surface area contributed by atoms with E-state index >= 15 is 0 Å². The van der Waals surface area contributed by atoms with E-state index in [1.54, 1.807) is 6.92 Å². The molecule has 1 saturated heterocycles. The van der Waals surface area contributed by atoms with Crippen LogP contribution in [-0.2, 0) is 22.6 Å². The first-order valence-corrected chi connectivity index (χ1v) is 9.68. The summed E-state index contributed by atoms with van der Waals surface area (Å²) in [5, 5.41) is 4.89. The number of halogens is 1. The van der Waals surface area contributed by atoms with Crippen molar-refractivity contribution in [2.75, 3.05) is 19.6 Å². The lowest BCUT2D eigenvalue weighted by molar-refractivity contribution is -0.140. The number of amides is 2. The number of hydrogen-bond donors (Lipinski definition) is 0. The lowest BCUT2D eigenvalue weighted by Gasteiger charge is -2.34. The number of nitrogens with zero attached hydrogens (tertiary/aromatic N) is 3. The Bertz CT molecular complexity index is 854. The van der Waals surface area contributed by atoms with Gasteiger partial charge in [0.05, 0.1) is 6.54 Å². The van der Waals surface area contributed by atoms with Crippen molar-refractivity contribution in [1.82, 2.24) is 15.0 Å². The first kappa shape index (κ1) is 18.0. The van der Waals surface area contributed by atoms with Crippen LogP contribution >= 0.6 is 11.6 Å². The highest BCUT2D eigenvalue weighted by Crippen LogP contribution is 2.32. The number of carbonyl (C=O) groups is 2. The molecule has 1 aromatic carbocycles. The Morgan fingerprint density at radius 2 is 1.81 bits per heavy atom. The molecule has 0 unspecified atom stereocenters. The van der Waals surface area contributed by atoms with E-state index in [-0.39, 0.29) is 17.7 Å². The number of rotatable bonds is 2. The molecular formula is C20H22ClN3O3. The van der Waals surface area contributed by atoms with Gasteiger partial charge in [-0.15, -0.1) is 0 Å². The topological polar surface area (TPSA) is 66.7 Å². The van der Waals surface area contributed by atoms with Crippen molar-refractivity contribution in [3.8, 4) is 11.3 Å². The van der Waals surface area contributed by atoms with Crippen LogP contribution in [0.4, 0.5) is 0 Å². The molecule has 7 heteroatoms. The Balaban J connectivity index is 1.44. The molecule has 1 aromatic heterocycles. The van der Waals surface area contributed by atoms with E-state index in [0.717, 1.165) is 41.8 Å². The minimum absolute atomic E-state index is 0.00946. The van der Waals surface area contributed by atoms with E-state index in [9.17, 15) is 9.59 Å². The van der Waals surface area contributed by atoms with Gasteiger partial charge in [0.1, 0.15) is 5.69 Å². The number of likely N-dealkylation sites (tertiary alicyclic amines) is 1. The molecule has 0 saturated carbocycles. The summed E-state index contributed by atoms with van der Waals surface area (Å²) in [5.41, 5.74) is 2.86. The fourth-order valence-corrected chi connectivity index (χ4v) is 4.07. The lowest BCUT2D eigenvalue weighted by Crippen LogP contribution is -2.45. The predicted octanol–water partition coefficient (Wildman–Crippen LogP) is 3.14. The number of carbonyl (C=O) groups excluding carboxylic acids is 2. The molecule has 0 aliphatic carbocycles. The second kappa shape index (κ2) is 7.35. The van der Waals surface area contributed by atoms with Gasteiger partial charge in [-0.2, -0.15) is 0 Å². The van der Waals surface area contributed by atoms with Gasteiger partial charge in [0.15, 0.2) is 5.76 Å². The highest BCUT2D eigenvalue weighted by Gasteiger charge is 2.33. The smallest absolute Gasteiger partial charge is 0.226 e. The minimum Gasteiger partial charge on any atom is -0.356 e. The van der Waals surface area contributed by atoms with Crippen molar-refractivity contribution in [3.05, 3.63) is 40.5 Å². The van der Waals surface area contributed by atoms with Crippen LogP contribution in [0.1, 0.15) is 31.0 Å². The van der Waals surface area contributed by atoms with Gasteiger partial charge in [-0.05, 0) is 43.5 Å². The third kappa shape index (κ3) is 3.58. The maximum absolute atomic E-state index is 12.9. The van der Waals surface area contributed by atoms with E-state index in [1.807, 2.05) is 34.1 Å². The maximum Gasteiger partial charge on any atom is 0.226 e.